The van der Waals surface area contributed by atoms with Crippen molar-refractivity contribution in [1.29, 1.82) is 0 Å². The molecule has 8 nitrogen and oxygen atoms in total. The molecule has 1 aliphatic heterocycles. The molecule has 1 amide bonds. The third-order valence-electron chi connectivity index (χ3n) is 9.58. The Morgan fingerprint density at radius 1 is 1.16 bits per heavy atom. The molecule has 1 aliphatic carbocycles. The van der Waals surface area contributed by atoms with Crippen LogP contribution < -0.4 is 5.73 Å². The number of aromatic nitrogens is 1. The van der Waals surface area contributed by atoms with Gasteiger partial charge in [-0.15, -0.1) is 0 Å². The second-order valence-corrected chi connectivity index (χ2v) is 13.5. The molecular formula is C34H39Cl2FN4O4. The fraction of sp³-hybridized carbons (Fsp3) is 0.441. The van der Waals surface area contributed by atoms with Crippen LogP contribution in [0.2, 0.25) is 10.0 Å². The van der Waals surface area contributed by atoms with Gasteiger partial charge in [-0.3, -0.25) is 19.5 Å². The van der Waals surface area contributed by atoms with Crippen molar-refractivity contribution in [2.24, 2.45) is 17.1 Å². The Bertz CT molecular complexity index is 1540. The largest absolute Gasteiger partial charge is 0.385 e. The van der Waals surface area contributed by atoms with Gasteiger partial charge >= 0.3 is 0 Å². The minimum Gasteiger partial charge on any atom is -0.385 e. The number of piperidine rings is 1. The number of nitrogens with zero attached hydrogens (tertiary/aromatic N) is 3. The van der Waals surface area contributed by atoms with Crippen LogP contribution in [-0.4, -0.2) is 65.9 Å². The molecule has 3 aromatic rings. The molecule has 0 bridgehead atoms. The molecule has 5 rings (SSSR count). The molecule has 3 N–H and O–H groups in total. The maximum atomic E-state index is 16.9. The van der Waals surface area contributed by atoms with E-state index < -0.39 is 28.5 Å². The van der Waals surface area contributed by atoms with Crippen LogP contribution in [0.1, 0.15) is 65.3 Å². The fourth-order valence-electron chi connectivity index (χ4n) is 6.38. The summed E-state index contributed by atoms with van der Waals surface area (Å²) in [6.45, 7) is 3.32. The lowest BCUT2D eigenvalue weighted by Crippen LogP contribution is -2.50. The number of aliphatic hydroxyl groups is 1. The first-order valence-electron chi connectivity index (χ1n) is 15.0. The third-order valence-corrected chi connectivity index (χ3v) is 10.1. The van der Waals surface area contributed by atoms with Gasteiger partial charge in [-0.05, 0) is 108 Å². The van der Waals surface area contributed by atoms with Gasteiger partial charge in [0.1, 0.15) is 5.82 Å². The Hall–Kier alpha value is -2.92. The van der Waals surface area contributed by atoms with Gasteiger partial charge in [-0.2, -0.15) is 0 Å². The zero-order chi connectivity index (χ0) is 32.6. The molecular weight excluding hydrogens is 618 g/mol. The zero-order valence-electron chi connectivity index (χ0n) is 25.7. The van der Waals surface area contributed by atoms with Crippen molar-refractivity contribution < 1.29 is 23.8 Å². The molecule has 0 radical (unpaired) electrons. The van der Waals surface area contributed by atoms with Crippen LogP contribution in [0.4, 0.5) is 4.39 Å². The molecule has 2 fully saturated rings. The number of hydrogen-bond acceptors (Lipinski definition) is 7. The normalized spacial score (nSPS) is 19.6. The molecule has 1 unspecified atom stereocenters. The highest BCUT2D eigenvalue weighted by atomic mass is 35.5. The van der Waals surface area contributed by atoms with Gasteiger partial charge in [0.15, 0.2) is 12.0 Å². The average molecular weight is 658 g/mol. The number of aldehydes is 1. The Labute approximate surface area is 273 Å². The van der Waals surface area contributed by atoms with Gasteiger partial charge in [0, 0.05) is 34.5 Å². The SMILES string of the molecule is CN1CCC(C(C)(O)c2cc(F)c([C@](OCC3(C(N)=O)CC3)(c3ccc(Cl)cc3)N(C)Cc3ccc(Cl)cn3)c(C=O)c2)CC1. The summed E-state index contributed by atoms with van der Waals surface area (Å²) in [4.78, 5) is 33.7. The van der Waals surface area contributed by atoms with Crippen molar-refractivity contribution in [1.82, 2.24) is 14.8 Å². The van der Waals surface area contributed by atoms with Gasteiger partial charge in [-0.1, -0.05) is 35.3 Å². The smallest absolute Gasteiger partial charge is 0.225 e. The number of benzene rings is 2. The van der Waals surface area contributed by atoms with Crippen LogP contribution in [0, 0.1) is 17.2 Å². The molecule has 240 valence electrons. The molecule has 0 spiro atoms. The fourth-order valence-corrected chi connectivity index (χ4v) is 6.62. The Kier molecular flexibility index (Phi) is 9.71. The van der Waals surface area contributed by atoms with Gasteiger partial charge < -0.3 is 20.5 Å². The minimum atomic E-state index is -1.74. The van der Waals surface area contributed by atoms with Crippen LogP contribution in [0.25, 0.3) is 0 Å². The number of likely N-dealkylation sites (tertiary alicyclic amines) is 1. The Balaban J connectivity index is 1.69. The van der Waals surface area contributed by atoms with E-state index in [-0.39, 0.29) is 30.2 Å². The molecule has 1 aromatic heterocycles. The molecule has 45 heavy (non-hydrogen) atoms. The van der Waals surface area contributed by atoms with E-state index in [2.05, 4.69) is 9.88 Å². The van der Waals surface area contributed by atoms with Gasteiger partial charge in [-0.25, -0.2) is 4.39 Å². The highest BCUT2D eigenvalue weighted by molar-refractivity contribution is 6.30. The summed E-state index contributed by atoms with van der Waals surface area (Å²) in [6.07, 6.45) is 4.61. The van der Waals surface area contributed by atoms with E-state index in [0.717, 1.165) is 25.9 Å². The first-order chi connectivity index (χ1) is 21.3. The Morgan fingerprint density at radius 2 is 1.80 bits per heavy atom. The quantitative estimate of drug-likeness (QED) is 0.196. The molecule has 2 heterocycles. The number of hydrogen-bond donors (Lipinski definition) is 2. The second kappa shape index (κ2) is 13.1. The predicted octanol–water partition coefficient (Wildman–Crippen LogP) is 5.50. The number of pyridine rings is 1. The average Bonchev–Trinajstić information content (AvgIpc) is 3.81. The maximum absolute atomic E-state index is 16.9. The summed E-state index contributed by atoms with van der Waals surface area (Å²) < 4.78 is 23.7. The van der Waals surface area contributed by atoms with Crippen molar-refractivity contribution in [3.05, 3.63) is 98.5 Å². The highest BCUT2D eigenvalue weighted by Crippen LogP contribution is 2.50. The van der Waals surface area contributed by atoms with Crippen LogP contribution in [0.15, 0.2) is 54.7 Å². The lowest BCUT2D eigenvalue weighted by atomic mass is 9.76. The highest BCUT2D eigenvalue weighted by Gasteiger charge is 2.53. The third kappa shape index (κ3) is 6.66. The van der Waals surface area contributed by atoms with Crippen LogP contribution in [0.5, 0.6) is 0 Å². The lowest BCUT2D eigenvalue weighted by molar-refractivity contribution is -0.152. The van der Waals surface area contributed by atoms with E-state index in [4.69, 9.17) is 33.7 Å². The van der Waals surface area contributed by atoms with Crippen LogP contribution >= 0.6 is 23.2 Å². The number of primary amides is 1. The first-order valence-corrected chi connectivity index (χ1v) is 15.8. The van der Waals surface area contributed by atoms with E-state index in [1.165, 1.54) is 12.3 Å². The summed E-state index contributed by atoms with van der Waals surface area (Å²) >= 11 is 12.4. The van der Waals surface area contributed by atoms with Gasteiger partial charge in [0.2, 0.25) is 5.91 Å². The number of carbonyl (C=O) groups is 2. The summed E-state index contributed by atoms with van der Waals surface area (Å²) in [7, 11) is 3.76. The van der Waals surface area contributed by atoms with E-state index in [0.29, 0.717) is 46.0 Å². The van der Waals surface area contributed by atoms with Crippen LogP contribution in [-0.2, 0) is 27.4 Å². The number of carbonyl (C=O) groups excluding carboxylic acids is 2. The summed E-state index contributed by atoms with van der Waals surface area (Å²) in [5, 5.41) is 12.7. The second-order valence-electron chi connectivity index (χ2n) is 12.7. The standard InChI is InChI=1S/C34H39Cl2FN4O4/c1-32(44,23-10-14-40(2)15-11-23)25-16-22(20-42)30(29(37)17-25)34(24-4-6-26(35)7-5-24,45-21-33(12-13-33)31(38)43)41(3)19-28-9-8-27(36)18-39-28/h4-9,16-18,20,23,44H,10-15,19,21H2,1-3H3,(H2,38,43)/t32?,34-/m1/s1. The summed E-state index contributed by atoms with van der Waals surface area (Å²) in [5.74, 6) is -1.37. The van der Waals surface area contributed by atoms with Gasteiger partial charge in [0.25, 0.3) is 0 Å². The monoisotopic (exact) mass is 656 g/mol. The minimum absolute atomic E-state index is 0.00740. The van der Waals surface area contributed by atoms with Crippen molar-refractivity contribution in [3.63, 3.8) is 0 Å². The molecule has 2 aromatic carbocycles. The van der Waals surface area contributed by atoms with E-state index in [1.807, 2.05) is 7.05 Å². The number of amides is 1. The predicted molar refractivity (Wildman–Crippen MR) is 171 cm³/mol. The number of rotatable bonds is 12. The molecule has 2 atom stereocenters. The molecule has 11 heteroatoms. The molecule has 2 aliphatic rings. The molecule has 1 saturated heterocycles. The van der Waals surface area contributed by atoms with Crippen molar-refractivity contribution in [2.75, 3.05) is 33.8 Å². The molecule has 1 saturated carbocycles. The summed E-state index contributed by atoms with van der Waals surface area (Å²) in [5.41, 5.74) is 3.08. The van der Waals surface area contributed by atoms with E-state index >= 15 is 4.39 Å². The topological polar surface area (TPSA) is 109 Å². The van der Waals surface area contributed by atoms with E-state index in [9.17, 15) is 14.7 Å². The lowest BCUT2D eigenvalue weighted by Gasteiger charge is -2.44. The maximum Gasteiger partial charge on any atom is 0.225 e. The van der Waals surface area contributed by atoms with Gasteiger partial charge in [0.05, 0.1) is 28.3 Å². The first kappa shape index (κ1) is 33.4. The number of halogens is 3. The summed E-state index contributed by atoms with van der Waals surface area (Å²) in [6, 6.07) is 13.0. The number of ether oxygens (including phenoxy) is 1. The number of nitrogens with two attached hydrogens (primary N) is 1. The van der Waals surface area contributed by atoms with Crippen molar-refractivity contribution in [3.8, 4) is 0 Å². The van der Waals surface area contributed by atoms with E-state index in [1.54, 1.807) is 61.3 Å². The zero-order valence-corrected chi connectivity index (χ0v) is 27.2. The van der Waals surface area contributed by atoms with Crippen LogP contribution in [0.3, 0.4) is 0 Å². The Morgan fingerprint density at radius 3 is 2.36 bits per heavy atom. The van der Waals surface area contributed by atoms with Crippen molar-refractivity contribution in [2.45, 2.75) is 50.5 Å². The van der Waals surface area contributed by atoms with Crippen molar-refractivity contribution >= 4 is 35.4 Å².